The van der Waals surface area contributed by atoms with Crippen LogP contribution in [-0.2, 0) is 16.1 Å². The third kappa shape index (κ3) is 4.49. The quantitative estimate of drug-likeness (QED) is 0.594. The van der Waals surface area contributed by atoms with E-state index in [1.807, 2.05) is 66.4 Å². The Morgan fingerprint density at radius 1 is 0.970 bits per heavy atom. The van der Waals surface area contributed by atoms with Crippen molar-refractivity contribution in [3.63, 3.8) is 0 Å². The Hall–Kier alpha value is -3.59. The molecule has 2 aromatic carbocycles. The first-order valence-corrected chi connectivity index (χ1v) is 11.3. The Balaban J connectivity index is 1.17. The predicted molar refractivity (Wildman–Crippen MR) is 123 cm³/mol. The molecule has 2 fully saturated rings. The van der Waals surface area contributed by atoms with Crippen LogP contribution < -0.4 is 4.90 Å². The highest BCUT2D eigenvalue weighted by molar-refractivity contribution is 6.00. The van der Waals surface area contributed by atoms with Crippen molar-refractivity contribution in [1.82, 2.24) is 30.0 Å². The monoisotopic (exact) mass is 445 g/mol. The Labute approximate surface area is 192 Å². The maximum absolute atomic E-state index is 13.1. The Bertz CT molecular complexity index is 1120. The molecule has 33 heavy (non-hydrogen) atoms. The van der Waals surface area contributed by atoms with Crippen molar-refractivity contribution in [1.29, 1.82) is 0 Å². The van der Waals surface area contributed by atoms with E-state index in [1.54, 1.807) is 9.58 Å². The number of carbonyl (C=O) groups is 2. The van der Waals surface area contributed by atoms with Gasteiger partial charge in [0, 0.05) is 44.8 Å². The van der Waals surface area contributed by atoms with Gasteiger partial charge in [-0.3, -0.25) is 14.5 Å². The number of carbonyl (C=O) groups excluding carboxylic acids is 2. The number of amides is 2. The number of anilines is 1. The van der Waals surface area contributed by atoms with Gasteiger partial charge >= 0.3 is 0 Å². The molecule has 2 saturated heterocycles. The number of aryl methyl sites for hydroxylation is 1. The van der Waals surface area contributed by atoms with Crippen LogP contribution in [0.4, 0.5) is 5.69 Å². The van der Waals surface area contributed by atoms with E-state index in [2.05, 4.69) is 20.4 Å². The fourth-order valence-electron chi connectivity index (χ4n) is 4.51. The van der Waals surface area contributed by atoms with Crippen LogP contribution in [0.1, 0.15) is 17.8 Å². The molecule has 2 amide bonds. The van der Waals surface area contributed by atoms with E-state index < -0.39 is 0 Å². The Morgan fingerprint density at radius 3 is 2.42 bits per heavy atom. The summed E-state index contributed by atoms with van der Waals surface area (Å²) in [6.45, 7) is 5.89. The lowest BCUT2D eigenvalue weighted by atomic mass is 10.1. The van der Waals surface area contributed by atoms with Crippen molar-refractivity contribution < 1.29 is 9.59 Å². The molecule has 9 heteroatoms. The first kappa shape index (κ1) is 21.3. The summed E-state index contributed by atoms with van der Waals surface area (Å²) in [5.74, 6) is 0.587. The van der Waals surface area contributed by atoms with Gasteiger partial charge in [0.1, 0.15) is 0 Å². The van der Waals surface area contributed by atoms with E-state index >= 15 is 0 Å². The molecule has 0 bridgehead atoms. The number of nitrogens with zero attached hydrogens (tertiary/aromatic N) is 7. The third-order valence-corrected chi connectivity index (χ3v) is 6.40. The first-order chi connectivity index (χ1) is 16.1. The fourth-order valence-corrected chi connectivity index (χ4v) is 4.51. The number of aromatic nitrogens is 4. The molecule has 1 aromatic heterocycles. The van der Waals surface area contributed by atoms with E-state index in [0.717, 1.165) is 30.3 Å². The predicted octanol–water partition coefficient (Wildman–Crippen LogP) is 1.67. The normalized spacial score (nSPS) is 19.3. The maximum atomic E-state index is 13.1. The van der Waals surface area contributed by atoms with Gasteiger partial charge in [-0.1, -0.05) is 35.9 Å². The molecule has 0 N–H and O–H groups in total. The molecule has 5 rings (SSSR count). The van der Waals surface area contributed by atoms with Crippen molar-refractivity contribution in [3.05, 3.63) is 66.0 Å². The van der Waals surface area contributed by atoms with Crippen LogP contribution in [0.2, 0.25) is 0 Å². The number of tetrazole rings is 1. The SMILES string of the molecule is Cc1ccc(-n2nnnc2CN2CCN(C(=O)[C@@H]3CC(=O)N(c4ccccc4)C3)CC2)cc1. The summed E-state index contributed by atoms with van der Waals surface area (Å²) < 4.78 is 1.76. The smallest absolute Gasteiger partial charge is 0.228 e. The molecule has 9 nitrogen and oxygen atoms in total. The van der Waals surface area contributed by atoms with Crippen LogP contribution in [0, 0.1) is 12.8 Å². The van der Waals surface area contributed by atoms with Gasteiger partial charge in [-0.15, -0.1) is 5.10 Å². The van der Waals surface area contributed by atoms with Gasteiger partial charge in [0.15, 0.2) is 5.82 Å². The topological polar surface area (TPSA) is 87.5 Å². The van der Waals surface area contributed by atoms with Crippen molar-refractivity contribution in [3.8, 4) is 5.69 Å². The van der Waals surface area contributed by atoms with Gasteiger partial charge in [-0.05, 0) is 41.6 Å². The molecule has 0 aliphatic carbocycles. The van der Waals surface area contributed by atoms with Gasteiger partial charge < -0.3 is 9.80 Å². The van der Waals surface area contributed by atoms with Gasteiger partial charge in [0.2, 0.25) is 11.8 Å². The summed E-state index contributed by atoms with van der Waals surface area (Å²) >= 11 is 0. The molecule has 0 unspecified atom stereocenters. The number of hydrogen-bond donors (Lipinski definition) is 0. The van der Waals surface area contributed by atoms with Crippen LogP contribution >= 0.6 is 0 Å². The van der Waals surface area contributed by atoms with E-state index in [-0.39, 0.29) is 24.2 Å². The van der Waals surface area contributed by atoms with E-state index in [0.29, 0.717) is 26.2 Å². The van der Waals surface area contributed by atoms with Gasteiger partial charge in [0.05, 0.1) is 18.2 Å². The van der Waals surface area contributed by atoms with E-state index in [4.69, 9.17) is 0 Å². The van der Waals surface area contributed by atoms with Crippen molar-refractivity contribution >= 4 is 17.5 Å². The summed E-state index contributed by atoms with van der Waals surface area (Å²) in [5, 5.41) is 12.2. The summed E-state index contributed by atoms with van der Waals surface area (Å²) in [6, 6.07) is 17.7. The zero-order valence-corrected chi connectivity index (χ0v) is 18.7. The summed E-state index contributed by atoms with van der Waals surface area (Å²) in [5.41, 5.74) is 2.97. The van der Waals surface area contributed by atoms with Gasteiger partial charge in [-0.2, -0.15) is 4.68 Å². The lowest BCUT2D eigenvalue weighted by molar-refractivity contribution is -0.137. The lowest BCUT2D eigenvalue weighted by Crippen LogP contribution is -2.50. The molecule has 3 aromatic rings. The molecule has 0 saturated carbocycles. The molecule has 1 atom stereocenters. The van der Waals surface area contributed by atoms with Crippen molar-refractivity contribution in [2.45, 2.75) is 19.9 Å². The zero-order chi connectivity index (χ0) is 22.8. The summed E-state index contributed by atoms with van der Waals surface area (Å²) in [7, 11) is 0. The van der Waals surface area contributed by atoms with Crippen LogP contribution in [-0.4, -0.2) is 74.5 Å². The number of para-hydroxylation sites is 1. The maximum Gasteiger partial charge on any atom is 0.228 e. The average Bonchev–Trinajstić information content (AvgIpc) is 3.47. The molecule has 3 heterocycles. The molecule has 2 aliphatic rings. The average molecular weight is 446 g/mol. The van der Waals surface area contributed by atoms with Crippen molar-refractivity contribution in [2.75, 3.05) is 37.6 Å². The first-order valence-electron chi connectivity index (χ1n) is 11.3. The van der Waals surface area contributed by atoms with Crippen LogP contribution in [0.5, 0.6) is 0 Å². The Morgan fingerprint density at radius 2 is 1.70 bits per heavy atom. The largest absolute Gasteiger partial charge is 0.340 e. The minimum absolute atomic E-state index is 0.0149. The van der Waals surface area contributed by atoms with Crippen LogP contribution in [0.25, 0.3) is 5.69 Å². The van der Waals surface area contributed by atoms with Crippen molar-refractivity contribution in [2.24, 2.45) is 5.92 Å². The lowest BCUT2D eigenvalue weighted by Gasteiger charge is -2.35. The van der Waals surface area contributed by atoms with Gasteiger partial charge in [-0.25, -0.2) is 0 Å². The molecular formula is C24H27N7O2. The highest BCUT2D eigenvalue weighted by atomic mass is 16.2. The molecule has 170 valence electrons. The number of hydrogen-bond acceptors (Lipinski definition) is 6. The van der Waals surface area contributed by atoms with Crippen LogP contribution in [0.3, 0.4) is 0 Å². The second kappa shape index (κ2) is 9.11. The zero-order valence-electron chi connectivity index (χ0n) is 18.7. The minimum Gasteiger partial charge on any atom is -0.340 e. The minimum atomic E-state index is -0.280. The summed E-state index contributed by atoms with van der Waals surface area (Å²) in [4.78, 5) is 31.5. The summed E-state index contributed by atoms with van der Waals surface area (Å²) in [6.07, 6.45) is 0.277. The molecular weight excluding hydrogens is 418 g/mol. The molecule has 0 radical (unpaired) electrons. The highest BCUT2D eigenvalue weighted by Gasteiger charge is 2.38. The number of benzene rings is 2. The van der Waals surface area contributed by atoms with E-state index in [1.165, 1.54) is 5.56 Å². The molecule has 0 spiro atoms. The van der Waals surface area contributed by atoms with Gasteiger partial charge in [0.25, 0.3) is 0 Å². The number of piperazine rings is 1. The molecule has 2 aliphatic heterocycles. The van der Waals surface area contributed by atoms with Crippen LogP contribution in [0.15, 0.2) is 54.6 Å². The highest BCUT2D eigenvalue weighted by Crippen LogP contribution is 2.26. The number of rotatable bonds is 5. The second-order valence-corrected chi connectivity index (χ2v) is 8.68. The van der Waals surface area contributed by atoms with E-state index in [9.17, 15) is 9.59 Å². The Kier molecular flexibility index (Phi) is 5.87. The second-order valence-electron chi connectivity index (χ2n) is 8.68. The third-order valence-electron chi connectivity index (χ3n) is 6.40. The fraction of sp³-hybridized carbons (Fsp3) is 0.375. The standard InChI is InChI=1S/C24H27N7O2/c1-18-7-9-21(10-8-18)31-22(25-26-27-31)17-28-11-13-29(14-12-28)24(33)19-15-23(32)30(16-19)20-5-3-2-4-6-20/h2-10,19H,11-17H2,1H3/t19-/m1/s1.